The summed E-state index contributed by atoms with van der Waals surface area (Å²) in [6.07, 6.45) is 17.5. The van der Waals surface area contributed by atoms with Crippen molar-refractivity contribution >= 4 is 33.4 Å². The van der Waals surface area contributed by atoms with Crippen LogP contribution in [-0.2, 0) is 34.7 Å². The maximum atomic E-state index is 14.5. The van der Waals surface area contributed by atoms with Gasteiger partial charge in [0.15, 0.2) is 11.6 Å². The number of aromatic nitrogens is 2. The van der Waals surface area contributed by atoms with Gasteiger partial charge in [-0.1, -0.05) is 122 Å². The van der Waals surface area contributed by atoms with Crippen LogP contribution in [0.2, 0.25) is 0 Å². The molecular formula is C35H56N4O7S. The van der Waals surface area contributed by atoms with Gasteiger partial charge in [-0.15, -0.1) is 0 Å². The van der Waals surface area contributed by atoms with Crippen molar-refractivity contribution in [2.24, 2.45) is 5.41 Å². The number of ketones is 1. The first-order valence-corrected chi connectivity index (χ1v) is 18.7. The van der Waals surface area contributed by atoms with Crippen molar-refractivity contribution in [3.63, 3.8) is 0 Å². The fourth-order valence-electron chi connectivity index (χ4n) is 5.58. The third-order valence-corrected chi connectivity index (χ3v) is 10.0. The molecule has 47 heavy (non-hydrogen) atoms. The number of sulfonamides is 1. The Bertz CT molecular complexity index is 1340. The molecular weight excluding hydrogens is 620 g/mol. The van der Waals surface area contributed by atoms with Crippen LogP contribution in [0.3, 0.4) is 0 Å². The standard InChI is InChI=1S/C35H56N4O7S/c1-6-7-8-9-10-11-12-13-14-15-16-17-18-22-25-46-35(32-37-26-29(39-32)30(40)45-5,33(42)38-28-23-20-19-21-24-28)31(41)34(2,3)27-47(43,44)36-4/h19-21,23-24,26,36H,6-18,22,25,27H2,1-5H3,(H,37,39)(H,38,42). The molecule has 1 heterocycles. The number of anilines is 1. The highest BCUT2D eigenvalue weighted by Gasteiger charge is 2.57. The first-order chi connectivity index (χ1) is 22.4. The zero-order valence-electron chi connectivity index (χ0n) is 29.0. The fraction of sp³-hybridized carbons (Fsp3) is 0.657. The predicted molar refractivity (Wildman–Crippen MR) is 185 cm³/mol. The number of aromatic amines is 1. The molecule has 1 amide bonds. The van der Waals surface area contributed by atoms with Gasteiger partial charge < -0.3 is 19.8 Å². The second kappa shape index (κ2) is 20.3. The van der Waals surface area contributed by atoms with Gasteiger partial charge in [0.05, 0.1) is 19.1 Å². The summed E-state index contributed by atoms with van der Waals surface area (Å²) in [5, 5.41) is 2.74. The Hall–Kier alpha value is -3.09. The SMILES string of the molecule is CCCCCCCCCCCCCCCCOC(C(=O)Nc1ccccc1)(C(=O)C(C)(C)CS(=O)(=O)NC)c1ncc(C(=O)OC)[nH]1. The number of Topliss-reactive ketones (excluding diaryl/α,β-unsaturated/α-hetero) is 1. The number of hydrogen-bond acceptors (Lipinski definition) is 8. The van der Waals surface area contributed by atoms with Crippen molar-refractivity contribution in [2.75, 3.05) is 31.8 Å². The van der Waals surface area contributed by atoms with Crippen LogP contribution in [0.4, 0.5) is 5.69 Å². The Morgan fingerprint density at radius 1 is 0.851 bits per heavy atom. The number of carbonyl (C=O) groups excluding carboxylic acids is 3. The van der Waals surface area contributed by atoms with E-state index >= 15 is 0 Å². The van der Waals surface area contributed by atoms with E-state index in [2.05, 4.69) is 26.9 Å². The van der Waals surface area contributed by atoms with Crippen LogP contribution >= 0.6 is 0 Å². The molecule has 11 nitrogen and oxygen atoms in total. The molecule has 0 bridgehead atoms. The smallest absolute Gasteiger partial charge is 0.356 e. The molecule has 3 N–H and O–H groups in total. The molecule has 0 radical (unpaired) electrons. The van der Waals surface area contributed by atoms with E-state index in [4.69, 9.17) is 9.47 Å². The van der Waals surface area contributed by atoms with Crippen LogP contribution in [-0.4, -0.2) is 62.6 Å². The van der Waals surface area contributed by atoms with E-state index in [-0.39, 0.29) is 18.1 Å². The van der Waals surface area contributed by atoms with Gasteiger partial charge in [-0.3, -0.25) is 9.59 Å². The molecule has 2 aromatic rings. The molecule has 1 aromatic carbocycles. The van der Waals surface area contributed by atoms with Gasteiger partial charge in [-0.25, -0.2) is 22.9 Å². The lowest BCUT2D eigenvalue weighted by molar-refractivity contribution is -0.165. The van der Waals surface area contributed by atoms with Crippen molar-refractivity contribution in [1.82, 2.24) is 14.7 Å². The molecule has 0 aliphatic carbocycles. The van der Waals surface area contributed by atoms with Gasteiger partial charge in [0, 0.05) is 17.7 Å². The Kier molecular flexibility index (Phi) is 17.3. The number of amides is 1. The Morgan fingerprint density at radius 2 is 1.38 bits per heavy atom. The van der Waals surface area contributed by atoms with E-state index in [1.165, 1.54) is 85.8 Å². The minimum Gasteiger partial charge on any atom is -0.464 e. The van der Waals surface area contributed by atoms with Crippen LogP contribution < -0.4 is 10.0 Å². The van der Waals surface area contributed by atoms with Crippen LogP contribution in [0.15, 0.2) is 36.5 Å². The average Bonchev–Trinajstić information content (AvgIpc) is 3.55. The van der Waals surface area contributed by atoms with Crippen LogP contribution in [0.25, 0.3) is 0 Å². The fourth-order valence-corrected chi connectivity index (χ4v) is 6.81. The van der Waals surface area contributed by atoms with E-state index < -0.39 is 44.5 Å². The third kappa shape index (κ3) is 12.8. The van der Waals surface area contributed by atoms with Crippen molar-refractivity contribution in [3.8, 4) is 0 Å². The van der Waals surface area contributed by atoms with Crippen molar-refractivity contribution in [3.05, 3.63) is 48.0 Å². The molecule has 0 saturated carbocycles. The highest BCUT2D eigenvalue weighted by atomic mass is 32.2. The molecule has 0 saturated heterocycles. The van der Waals surface area contributed by atoms with Gasteiger partial charge in [0.25, 0.3) is 11.5 Å². The lowest BCUT2D eigenvalue weighted by Gasteiger charge is -2.36. The van der Waals surface area contributed by atoms with Crippen molar-refractivity contribution in [1.29, 1.82) is 0 Å². The minimum atomic E-state index is -3.88. The summed E-state index contributed by atoms with van der Waals surface area (Å²) in [4.78, 5) is 48.0. The molecule has 264 valence electrons. The normalized spacial score (nSPS) is 13.2. The topological polar surface area (TPSA) is 157 Å². The lowest BCUT2D eigenvalue weighted by atomic mass is 9.78. The Labute approximate surface area is 281 Å². The molecule has 0 spiro atoms. The third-order valence-electron chi connectivity index (χ3n) is 8.28. The van der Waals surface area contributed by atoms with E-state index in [0.717, 1.165) is 31.9 Å². The molecule has 0 aliphatic heterocycles. The van der Waals surface area contributed by atoms with Crippen molar-refractivity contribution < 1.29 is 32.3 Å². The number of benzene rings is 1. The number of para-hydroxylation sites is 1. The maximum Gasteiger partial charge on any atom is 0.356 e. The summed E-state index contributed by atoms with van der Waals surface area (Å²) in [5.74, 6) is -3.29. The maximum absolute atomic E-state index is 14.5. The predicted octanol–water partition coefficient (Wildman–Crippen LogP) is 6.67. The second-order valence-corrected chi connectivity index (χ2v) is 14.7. The summed E-state index contributed by atoms with van der Waals surface area (Å²) < 4.78 is 38.5. The summed E-state index contributed by atoms with van der Waals surface area (Å²) in [6, 6.07) is 8.53. The van der Waals surface area contributed by atoms with Gasteiger partial charge in [-0.05, 0) is 25.6 Å². The largest absolute Gasteiger partial charge is 0.464 e. The number of esters is 1. The minimum absolute atomic E-state index is 0.0229. The van der Waals surface area contributed by atoms with Gasteiger partial charge in [0.1, 0.15) is 5.69 Å². The zero-order valence-corrected chi connectivity index (χ0v) is 29.8. The lowest BCUT2D eigenvalue weighted by Crippen LogP contribution is -2.56. The summed E-state index contributed by atoms with van der Waals surface area (Å²) in [5.41, 5.74) is -3.70. The number of carbonyl (C=O) groups is 3. The van der Waals surface area contributed by atoms with E-state index in [1.807, 2.05) is 0 Å². The quantitative estimate of drug-likeness (QED) is 0.0598. The molecule has 0 aliphatic rings. The number of rotatable bonds is 25. The molecule has 1 aromatic heterocycles. The van der Waals surface area contributed by atoms with Gasteiger partial charge in [-0.2, -0.15) is 0 Å². The number of hydrogen-bond donors (Lipinski definition) is 3. The monoisotopic (exact) mass is 676 g/mol. The van der Waals surface area contributed by atoms with E-state index in [9.17, 15) is 22.8 Å². The van der Waals surface area contributed by atoms with Crippen LogP contribution in [0.1, 0.15) is 127 Å². The molecule has 0 fully saturated rings. The van der Waals surface area contributed by atoms with E-state index in [1.54, 1.807) is 30.3 Å². The highest BCUT2D eigenvalue weighted by Crippen LogP contribution is 2.36. The average molecular weight is 677 g/mol. The summed E-state index contributed by atoms with van der Waals surface area (Å²) in [6.45, 7) is 5.14. The molecule has 12 heteroatoms. The number of ether oxygens (including phenoxy) is 2. The van der Waals surface area contributed by atoms with E-state index in [0.29, 0.717) is 12.1 Å². The number of nitrogens with one attached hydrogen (secondary N) is 3. The number of nitrogens with zero attached hydrogens (tertiary/aromatic N) is 1. The number of methoxy groups -OCH3 is 1. The Balaban J connectivity index is 2.19. The number of unbranched alkanes of at least 4 members (excludes halogenated alkanes) is 13. The number of H-pyrrole nitrogens is 1. The molecule has 1 atom stereocenters. The van der Waals surface area contributed by atoms with Crippen LogP contribution in [0.5, 0.6) is 0 Å². The first-order valence-electron chi connectivity index (χ1n) is 17.0. The summed E-state index contributed by atoms with van der Waals surface area (Å²) in [7, 11) is -1.42. The van der Waals surface area contributed by atoms with Gasteiger partial charge in [0.2, 0.25) is 10.0 Å². The second-order valence-electron chi connectivity index (χ2n) is 12.8. The Morgan fingerprint density at radius 3 is 1.89 bits per heavy atom. The zero-order chi connectivity index (χ0) is 34.8. The number of imidazole rings is 1. The highest BCUT2D eigenvalue weighted by molar-refractivity contribution is 7.89. The molecule has 2 rings (SSSR count). The van der Waals surface area contributed by atoms with Crippen molar-refractivity contribution in [2.45, 2.75) is 116 Å². The first kappa shape index (κ1) is 40.1. The van der Waals surface area contributed by atoms with Gasteiger partial charge >= 0.3 is 5.97 Å². The van der Waals surface area contributed by atoms with Crippen LogP contribution in [0, 0.1) is 5.41 Å². The summed E-state index contributed by atoms with van der Waals surface area (Å²) >= 11 is 0. The molecule has 1 unspecified atom stereocenters.